The molecule has 1 amide bonds. The maximum atomic E-state index is 12.2. The third-order valence-corrected chi connectivity index (χ3v) is 6.19. The van der Waals surface area contributed by atoms with Gasteiger partial charge in [0, 0.05) is 19.8 Å². The summed E-state index contributed by atoms with van der Waals surface area (Å²) >= 11 is 0. The van der Waals surface area contributed by atoms with Crippen LogP contribution in [0.25, 0.3) is 11.0 Å². The molecule has 0 unspecified atom stereocenters. The number of nitrogens with zero attached hydrogens (tertiary/aromatic N) is 5. The fourth-order valence-electron chi connectivity index (χ4n) is 4.54. The minimum atomic E-state index is -0.109. The summed E-state index contributed by atoms with van der Waals surface area (Å²) in [5, 5.41) is 2.70. The fraction of sp³-hybridized carbons (Fsp3) is 0.500. The zero-order valence-corrected chi connectivity index (χ0v) is 18.8. The number of fused-ring (bicyclic) bond motifs is 1. The molecule has 2 aromatic heterocycles. The standard InChI is InChI=1S/C24H32N6O/c1-4-11-30-22-8-6-5-7-20(22)28-23(30)16-29-12-9-18(10-13-29)14-21-19(24(31)25-3)15-26-17(2)27-21/h5-8,15,18H,4,9-14,16H2,1-3H3,(H,25,31). The Labute approximate surface area is 183 Å². The van der Waals surface area contributed by atoms with Crippen molar-refractivity contribution in [2.75, 3.05) is 20.1 Å². The van der Waals surface area contributed by atoms with Gasteiger partial charge in [-0.1, -0.05) is 19.1 Å². The molecule has 1 aromatic carbocycles. The Bertz CT molecular complexity index is 1050. The lowest BCUT2D eigenvalue weighted by molar-refractivity contribution is 0.0960. The van der Waals surface area contributed by atoms with Crippen molar-refractivity contribution >= 4 is 16.9 Å². The van der Waals surface area contributed by atoms with E-state index in [9.17, 15) is 4.79 Å². The third kappa shape index (κ3) is 4.77. The Kier molecular flexibility index (Phi) is 6.61. The number of amides is 1. The molecule has 164 valence electrons. The summed E-state index contributed by atoms with van der Waals surface area (Å²) in [6.45, 7) is 8.06. The van der Waals surface area contributed by atoms with Crippen molar-refractivity contribution in [2.24, 2.45) is 5.92 Å². The lowest BCUT2D eigenvalue weighted by atomic mass is 9.90. The van der Waals surface area contributed by atoms with Crippen molar-refractivity contribution < 1.29 is 4.79 Å². The van der Waals surface area contributed by atoms with Crippen LogP contribution >= 0.6 is 0 Å². The number of nitrogens with one attached hydrogen (secondary N) is 1. The summed E-state index contributed by atoms with van der Waals surface area (Å²) in [6, 6.07) is 8.42. The molecule has 3 aromatic rings. The molecule has 0 atom stereocenters. The number of hydrogen-bond donors (Lipinski definition) is 1. The lowest BCUT2D eigenvalue weighted by Gasteiger charge is -2.32. The predicted molar refractivity (Wildman–Crippen MR) is 122 cm³/mol. The van der Waals surface area contributed by atoms with E-state index in [1.165, 1.54) is 5.52 Å². The molecule has 7 nitrogen and oxygen atoms in total. The van der Waals surface area contributed by atoms with Gasteiger partial charge in [0.1, 0.15) is 11.6 Å². The summed E-state index contributed by atoms with van der Waals surface area (Å²) in [6.07, 6.45) is 5.79. The van der Waals surface area contributed by atoms with Crippen LogP contribution in [-0.2, 0) is 19.5 Å². The van der Waals surface area contributed by atoms with Crippen molar-refractivity contribution in [1.82, 2.24) is 29.7 Å². The molecule has 0 spiro atoms. The van der Waals surface area contributed by atoms with Gasteiger partial charge in [-0.2, -0.15) is 0 Å². The van der Waals surface area contributed by atoms with Gasteiger partial charge in [0.15, 0.2) is 0 Å². The van der Waals surface area contributed by atoms with E-state index in [1.54, 1.807) is 13.2 Å². The number of imidazole rings is 1. The van der Waals surface area contributed by atoms with Gasteiger partial charge in [0.25, 0.3) is 5.91 Å². The van der Waals surface area contributed by atoms with Gasteiger partial charge < -0.3 is 9.88 Å². The van der Waals surface area contributed by atoms with E-state index >= 15 is 0 Å². The second-order valence-electron chi connectivity index (χ2n) is 8.45. The van der Waals surface area contributed by atoms with Crippen molar-refractivity contribution in [2.45, 2.75) is 52.6 Å². The number of carbonyl (C=O) groups excluding carboxylic acids is 1. The largest absolute Gasteiger partial charge is 0.355 e. The highest BCUT2D eigenvalue weighted by molar-refractivity contribution is 5.94. The predicted octanol–water partition coefficient (Wildman–Crippen LogP) is 3.36. The first-order valence-electron chi connectivity index (χ1n) is 11.3. The first-order valence-corrected chi connectivity index (χ1v) is 11.3. The molecule has 3 heterocycles. The summed E-state index contributed by atoms with van der Waals surface area (Å²) < 4.78 is 2.38. The maximum Gasteiger partial charge on any atom is 0.254 e. The Morgan fingerprint density at radius 2 is 1.97 bits per heavy atom. The summed E-state index contributed by atoms with van der Waals surface area (Å²) in [4.78, 5) is 28.4. The van der Waals surface area contributed by atoms with Crippen molar-refractivity contribution in [3.05, 3.63) is 53.4 Å². The normalized spacial score (nSPS) is 15.5. The molecule has 0 aliphatic carbocycles. The van der Waals surface area contributed by atoms with E-state index in [0.29, 0.717) is 11.5 Å². The molecule has 1 N–H and O–H groups in total. The summed E-state index contributed by atoms with van der Waals surface area (Å²) in [7, 11) is 1.65. The number of rotatable bonds is 7. The number of aryl methyl sites for hydroxylation is 2. The van der Waals surface area contributed by atoms with E-state index < -0.39 is 0 Å². The van der Waals surface area contributed by atoms with Gasteiger partial charge >= 0.3 is 0 Å². The maximum absolute atomic E-state index is 12.2. The third-order valence-electron chi connectivity index (χ3n) is 6.19. The average Bonchev–Trinajstić information content (AvgIpc) is 3.12. The Morgan fingerprint density at radius 1 is 1.19 bits per heavy atom. The molecule has 1 aliphatic rings. The lowest BCUT2D eigenvalue weighted by Crippen LogP contribution is -2.35. The van der Waals surface area contributed by atoms with Crippen LogP contribution in [0.3, 0.4) is 0 Å². The van der Waals surface area contributed by atoms with Gasteiger partial charge in [-0.05, 0) is 63.7 Å². The molecule has 0 saturated carbocycles. The van der Waals surface area contributed by atoms with E-state index in [1.807, 2.05) is 6.92 Å². The number of piperidine rings is 1. The fourth-order valence-corrected chi connectivity index (χ4v) is 4.54. The molecule has 31 heavy (non-hydrogen) atoms. The van der Waals surface area contributed by atoms with Gasteiger partial charge in [0.05, 0.1) is 28.8 Å². The van der Waals surface area contributed by atoms with E-state index in [4.69, 9.17) is 4.98 Å². The molecule has 0 bridgehead atoms. The minimum absolute atomic E-state index is 0.109. The highest BCUT2D eigenvalue weighted by Crippen LogP contribution is 2.25. The number of benzene rings is 1. The van der Waals surface area contributed by atoms with Crippen LogP contribution in [0.2, 0.25) is 0 Å². The summed E-state index contributed by atoms with van der Waals surface area (Å²) in [5.41, 5.74) is 3.79. The topological polar surface area (TPSA) is 75.9 Å². The Morgan fingerprint density at radius 3 is 2.71 bits per heavy atom. The average molecular weight is 421 g/mol. The van der Waals surface area contributed by atoms with Crippen molar-refractivity contribution in [1.29, 1.82) is 0 Å². The molecule has 0 radical (unpaired) electrons. The summed E-state index contributed by atoms with van der Waals surface area (Å²) in [5.74, 6) is 2.30. The number of likely N-dealkylation sites (tertiary alicyclic amines) is 1. The molecule has 7 heteroatoms. The Hall–Kier alpha value is -2.80. The van der Waals surface area contributed by atoms with E-state index in [-0.39, 0.29) is 5.91 Å². The highest BCUT2D eigenvalue weighted by Gasteiger charge is 2.24. The van der Waals surface area contributed by atoms with Crippen LogP contribution in [0.15, 0.2) is 30.5 Å². The van der Waals surface area contributed by atoms with E-state index in [2.05, 4.69) is 55.9 Å². The van der Waals surface area contributed by atoms with E-state index in [0.717, 1.165) is 74.7 Å². The van der Waals surface area contributed by atoms with Crippen molar-refractivity contribution in [3.63, 3.8) is 0 Å². The number of carbonyl (C=O) groups is 1. The van der Waals surface area contributed by atoms with Gasteiger partial charge in [-0.3, -0.25) is 9.69 Å². The zero-order valence-electron chi connectivity index (χ0n) is 18.8. The second kappa shape index (κ2) is 9.56. The molecule has 1 fully saturated rings. The van der Waals surface area contributed by atoms with Gasteiger partial charge in [0.2, 0.25) is 0 Å². The molecular weight excluding hydrogens is 388 g/mol. The van der Waals surface area contributed by atoms with Crippen molar-refractivity contribution in [3.8, 4) is 0 Å². The molecule has 1 saturated heterocycles. The smallest absolute Gasteiger partial charge is 0.254 e. The van der Waals surface area contributed by atoms with Crippen LogP contribution in [0.1, 0.15) is 53.9 Å². The van der Waals surface area contributed by atoms with Gasteiger partial charge in [-0.15, -0.1) is 0 Å². The molecule has 4 rings (SSSR count). The second-order valence-corrected chi connectivity index (χ2v) is 8.45. The van der Waals surface area contributed by atoms with Gasteiger partial charge in [-0.25, -0.2) is 15.0 Å². The van der Waals surface area contributed by atoms with Crippen LogP contribution in [0.4, 0.5) is 0 Å². The molecular formula is C24H32N6O. The quantitative estimate of drug-likeness (QED) is 0.634. The molecule has 1 aliphatic heterocycles. The number of hydrogen-bond acceptors (Lipinski definition) is 5. The number of para-hydroxylation sites is 2. The van der Waals surface area contributed by atoms with Crippen LogP contribution in [-0.4, -0.2) is 50.5 Å². The van der Waals surface area contributed by atoms with Crippen LogP contribution in [0.5, 0.6) is 0 Å². The SMILES string of the molecule is CCCn1c(CN2CCC(Cc3nc(C)ncc3C(=O)NC)CC2)nc2ccccc21. The first-order chi connectivity index (χ1) is 15.1. The number of aromatic nitrogens is 4. The van der Waals surface area contributed by atoms with Crippen LogP contribution in [0, 0.1) is 12.8 Å². The minimum Gasteiger partial charge on any atom is -0.355 e. The highest BCUT2D eigenvalue weighted by atomic mass is 16.1. The Balaban J connectivity index is 1.41. The zero-order chi connectivity index (χ0) is 21.8. The van der Waals surface area contributed by atoms with Crippen LogP contribution < -0.4 is 5.32 Å². The first kappa shape index (κ1) is 21.4. The monoisotopic (exact) mass is 420 g/mol.